The van der Waals surface area contributed by atoms with E-state index in [4.69, 9.17) is 4.74 Å². The zero-order chi connectivity index (χ0) is 9.80. The van der Waals surface area contributed by atoms with Crippen molar-refractivity contribution in [3.63, 3.8) is 0 Å². The van der Waals surface area contributed by atoms with E-state index in [0.29, 0.717) is 12.5 Å². The minimum atomic E-state index is -0.116. The highest BCUT2D eigenvalue weighted by molar-refractivity contribution is 5.68. The van der Waals surface area contributed by atoms with Gasteiger partial charge in [-0.1, -0.05) is 0 Å². The number of nitrogens with one attached hydrogen (secondary N) is 1. The molecule has 0 spiro atoms. The summed E-state index contributed by atoms with van der Waals surface area (Å²) in [6.07, 6.45) is 3.24. The van der Waals surface area contributed by atoms with Crippen molar-refractivity contribution in [3.8, 4) is 0 Å². The summed E-state index contributed by atoms with van der Waals surface area (Å²) >= 11 is 0. The molecule has 2 saturated heterocycles. The van der Waals surface area contributed by atoms with Gasteiger partial charge in [0.05, 0.1) is 6.61 Å². The summed E-state index contributed by atoms with van der Waals surface area (Å²) in [4.78, 5) is 13.2. The molecule has 2 heterocycles. The van der Waals surface area contributed by atoms with E-state index in [1.54, 1.807) is 0 Å². The Labute approximate surface area is 84.6 Å². The van der Waals surface area contributed by atoms with E-state index >= 15 is 0 Å². The van der Waals surface area contributed by atoms with Crippen molar-refractivity contribution in [2.45, 2.75) is 19.3 Å². The lowest BCUT2D eigenvalue weighted by Crippen LogP contribution is -2.42. The molecule has 0 unspecified atom stereocenters. The number of carbonyl (C=O) groups excluding carboxylic acids is 1. The van der Waals surface area contributed by atoms with E-state index in [1.165, 1.54) is 12.8 Å². The number of piperidine rings is 1. The van der Waals surface area contributed by atoms with Crippen molar-refractivity contribution >= 4 is 6.09 Å². The highest BCUT2D eigenvalue weighted by atomic mass is 16.6. The van der Waals surface area contributed by atoms with Gasteiger partial charge < -0.3 is 15.0 Å². The first-order valence-electron chi connectivity index (χ1n) is 5.48. The Kier molecular flexibility index (Phi) is 3.24. The maximum atomic E-state index is 11.4. The summed E-state index contributed by atoms with van der Waals surface area (Å²) in [5, 5.41) is 3.33. The lowest BCUT2D eigenvalue weighted by molar-refractivity contribution is 0.0641. The molecule has 80 valence electrons. The van der Waals surface area contributed by atoms with Crippen molar-refractivity contribution in [2.75, 3.05) is 32.8 Å². The molecular weight excluding hydrogens is 180 g/mol. The summed E-state index contributed by atoms with van der Waals surface area (Å²) in [5.41, 5.74) is 0. The molecule has 2 fully saturated rings. The molecule has 0 atom stereocenters. The predicted octanol–water partition coefficient (Wildman–Crippen LogP) is 0.828. The van der Waals surface area contributed by atoms with Crippen LogP contribution in [-0.4, -0.2) is 43.8 Å². The van der Waals surface area contributed by atoms with Crippen molar-refractivity contribution in [3.05, 3.63) is 0 Å². The number of ether oxygens (including phenoxy) is 1. The van der Waals surface area contributed by atoms with Gasteiger partial charge in [0.1, 0.15) is 0 Å². The fourth-order valence-corrected chi connectivity index (χ4v) is 2.14. The molecule has 1 amide bonds. The normalized spacial score (nSPS) is 24.9. The number of carbonyl (C=O) groups is 1. The van der Waals surface area contributed by atoms with Gasteiger partial charge in [0.15, 0.2) is 0 Å². The first-order valence-corrected chi connectivity index (χ1v) is 5.48. The molecule has 2 aliphatic rings. The van der Waals surface area contributed by atoms with Gasteiger partial charge in [-0.05, 0) is 38.3 Å². The fourth-order valence-electron chi connectivity index (χ4n) is 2.14. The van der Waals surface area contributed by atoms with Crippen LogP contribution in [0.25, 0.3) is 0 Å². The van der Waals surface area contributed by atoms with Gasteiger partial charge in [-0.3, -0.25) is 0 Å². The molecule has 0 aromatic rings. The minimum Gasteiger partial charge on any atom is -0.449 e. The van der Waals surface area contributed by atoms with E-state index in [-0.39, 0.29) is 6.09 Å². The summed E-state index contributed by atoms with van der Waals surface area (Å²) in [7, 11) is 0. The van der Waals surface area contributed by atoms with Crippen LogP contribution in [0.15, 0.2) is 0 Å². The fraction of sp³-hybridized carbons (Fsp3) is 0.900. The molecule has 4 heteroatoms. The van der Waals surface area contributed by atoms with Crippen LogP contribution in [-0.2, 0) is 4.74 Å². The molecule has 0 saturated carbocycles. The molecule has 0 aliphatic carbocycles. The van der Waals surface area contributed by atoms with Crippen LogP contribution < -0.4 is 5.32 Å². The number of amides is 1. The third kappa shape index (κ3) is 2.38. The third-order valence-corrected chi connectivity index (χ3v) is 2.99. The zero-order valence-corrected chi connectivity index (χ0v) is 8.50. The first kappa shape index (κ1) is 9.77. The van der Waals surface area contributed by atoms with Gasteiger partial charge in [-0.2, -0.15) is 0 Å². The number of rotatable bonds is 2. The van der Waals surface area contributed by atoms with Gasteiger partial charge in [-0.25, -0.2) is 4.79 Å². The van der Waals surface area contributed by atoms with Crippen LogP contribution in [0.3, 0.4) is 0 Å². The number of cyclic esters (lactones) is 1. The largest absolute Gasteiger partial charge is 0.449 e. The molecule has 0 aromatic heterocycles. The third-order valence-electron chi connectivity index (χ3n) is 2.99. The van der Waals surface area contributed by atoms with E-state index in [2.05, 4.69) is 5.32 Å². The Morgan fingerprint density at radius 1 is 1.43 bits per heavy atom. The molecule has 0 bridgehead atoms. The Morgan fingerprint density at radius 2 is 2.21 bits per heavy atom. The van der Waals surface area contributed by atoms with Crippen LogP contribution in [0.2, 0.25) is 0 Å². The molecular formula is C10H18N2O2. The van der Waals surface area contributed by atoms with Crippen LogP contribution in [0.1, 0.15) is 19.3 Å². The van der Waals surface area contributed by atoms with Gasteiger partial charge in [0.2, 0.25) is 0 Å². The highest BCUT2D eigenvalue weighted by Gasteiger charge is 2.23. The number of hydrogen-bond donors (Lipinski definition) is 1. The van der Waals surface area contributed by atoms with Crippen molar-refractivity contribution in [1.29, 1.82) is 0 Å². The van der Waals surface area contributed by atoms with E-state index < -0.39 is 0 Å². The molecule has 0 radical (unpaired) electrons. The molecule has 4 nitrogen and oxygen atoms in total. The molecule has 0 aromatic carbocycles. The SMILES string of the molecule is O=C1OCCCN1CC1CCNCC1. The maximum Gasteiger partial charge on any atom is 0.409 e. The van der Waals surface area contributed by atoms with Gasteiger partial charge >= 0.3 is 6.09 Å². The number of hydrogen-bond acceptors (Lipinski definition) is 3. The summed E-state index contributed by atoms with van der Waals surface area (Å²) in [6, 6.07) is 0. The van der Waals surface area contributed by atoms with Crippen molar-refractivity contribution in [1.82, 2.24) is 10.2 Å². The van der Waals surface area contributed by atoms with Crippen LogP contribution in [0, 0.1) is 5.92 Å². The molecule has 14 heavy (non-hydrogen) atoms. The van der Waals surface area contributed by atoms with Crippen LogP contribution in [0.5, 0.6) is 0 Å². The predicted molar refractivity (Wildman–Crippen MR) is 53.1 cm³/mol. The Balaban J connectivity index is 1.79. The van der Waals surface area contributed by atoms with E-state index in [1.807, 2.05) is 4.90 Å². The van der Waals surface area contributed by atoms with Gasteiger partial charge in [0.25, 0.3) is 0 Å². The average molecular weight is 198 g/mol. The maximum absolute atomic E-state index is 11.4. The summed E-state index contributed by atoms with van der Waals surface area (Å²) in [5.74, 6) is 0.668. The Hall–Kier alpha value is -0.770. The second kappa shape index (κ2) is 4.64. The minimum absolute atomic E-state index is 0.116. The first-order chi connectivity index (χ1) is 6.86. The van der Waals surface area contributed by atoms with Crippen LogP contribution >= 0.6 is 0 Å². The smallest absolute Gasteiger partial charge is 0.409 e. The lowest BCUT2D eigenvalue weighted by atomic mass is 9.97. The lowest BCUT2D eigenvalue weighted by Gasteiger charge is -2.31. The molecule has 1 N–H and O–H groups in total. The standard InChI is InChI=1S/C10H18N2O2/c13-10-12(6-1-7-14-10)8-9-2-4-11-5-3-9/h9,11H,1-8H2. The van der Waals surface area contributed by atoms with Gasteiger partial charge in [-0.15, -0.1) is 0 Å². The van der Waals surface area contributed by atoms with E-state index in [0.717, 1.165) is 32.6 Å². The second-order valence-corrected chi connectivity index (χ2v) is 4.11. The van der Waals surface area contributed by atoms with E-state index in [9.17, 15) is 4.79 Å². The van der Waals surface area contributed by atoms with Crippen molar-refractivity contribution < 1.29 is 9.53 Å². The Bertz CT molecular complexity index is 202. The highest BCUT2D eigenvalue weighted by Crippen LogP contribution is 2.15. The summed E-state index contributed by atoms with van der Waals surface area (Å²) in [6.45, 7) is 4.55. The van der Waals surface area contributed by atoms with Crippen LogP contribution in [0.4, 0.5) is 4.79 Å². The monoisotopic (exact) mass is 198 g/mol. The second-order valence-electron chi connectivity index (χ2n) is 4.11. The summed E-state index contributed by atoms with van der Waals surface area (Å²) < 4.78 is 5.00. The van der Waals surface area contributed by atoms with Gasteiger partial charge in [0, 0.05) is 13.1 Å². The Morgan fingerprint density at radius 3 is 2.93 bits per heavy atom. The average Bonchev–Trinajstić information content (AvgIpc) is 2.23. The van der Waals surface area contributed by atoms with Crippen molar-refractivity contribution in [2.24, 2.45) is 5.92 Å². The topological polar surface area (TPSA) is 41.6 Å². The number of nitrogens with zero attached hydrogens (tertiary/aromatic N) is 1. The quantitative estimate of drug-likeness (QED) is 0.714. The molecule has 2 rings (SSSR count). The zero-order valence-electron chi connectivity index (χ0n) is 8.50. The molecule has 2 aliphatic heterocycles.